The molecule has 1 aliphatic carbocycles. The van der Waals surface area contributed by atoms with E-state index in [1.54, 1.807) is 4.90 Å². The Morgan fingerprint density at radius 1 is 1.20 bits per heavy atom. The van der Waals surface area contributed by atoms with Crippen molar-refractivity contribution in [3.05, 3.63) is 0 Å². The Hall–Kier alpha value is -1.30. The molecule has 2 N–H and O–H groups in total. The number of carbonyl (C=O) groups is 2. The number of carboxylic acid groups (broad SMARTS) is 1. The Kier molecular flexibility index (Phi) is 5.64. The summed E-state index contributed by atoms with van der Waals surface area (Å²) in [6.07, 6.45) is 6.30. The zero-order chi connectivity index (χ0) is 14.4. The number of morpholine rings is 1. The van der Waals surface area contributed by atoms with Crippen LogP contribution < -0.4 is 5.32 Å². The third-order valence-corrected chi connectivity index (χ3v) is 4.19. The molecule has 1 heterocycles. The number of hydrogen-bond acceptors (Lipinski definition) is 3. The van der Waals surface area contributed by atoms with Crippen molar-refractivity contribution < 1.29 is 19.4 Å². The van der Waals surface area contributed by atoms with Crippen molar-refractivity contribution in [2.45, 2.75) is 44.6 Å². The monoisotopic (exact) mass is 284 g/mol. The van der Waals surface area contributed by atoms with Gasteiger partial charge in [0.25, 0.3) is 0 Å². The van der Waals surface area contributed by atoms with Crippen LogP contribution in [0.25, 0.3) is 0 Å². The summed E-state index contributed by atoms with van der Waals surface area (Å²) in [5.74, 6) is -0.507. The number of urea groups is 1. The van der Waals surface area contributed by atoms with Crippen LogP contribution in [-0.2, 0) is 9.53 Å². The second-order valence-corrected chi connectivity index (χ2v) is 5.68. The number of rotatable bonds is 4. The number of hydrogen-bond donors (Lipinski definition) is 2. The van der Waals surface area contributed by atoms with Gasteiger partial charge in [0.2, 0.25) is 0 Å². The van der Waals surface area contributed by atoms with Crippen molar-refractivity contribution in [2.24, 2.45) is 5.92 Å². The predicted octanol–water partition coefficient (Wildman–Crippen LogP) is 1.45. The summed E-state index contributed by atoms with van der Waals surface area (Å²) in [6, 6.07) is -1.05. The molecule has 6 nitrogen and oxygen atoms in total. The zero-order valence-electron chi connectivity index (χ0n) is 11.8. The van der Waals surface area contributed by atoms with E-state index >= 15 is 0 Å². The molecule has 0 bridgehead atoms. The number of carboxylic acids is 1. The van der Waals surface area contributed by atoms with E-state index in [4.69, 9.17) is 4.74 Å². The van der Waals surface area contributed by atoms with Gasteiger partial charge in [0.15, 0.2) is 0 Å². The Bertz CT molecular complexity index is 336. The van der Waals surface area contributed by atoms with Crippen LogP contribution in [0, 0.1) is 5.92 Å². The minimum atomic E-state index is -0.933. The highest BCUT2D eigenvalue weighted by atomic mass is 16.5. The largest absolute Gasteiger partial charge is 0.480 e. The standard InChI is InChI=1S/C14H24N2O4/c17-13(18)12(10-11-4-2-1-3-5-11)15-14(19)16-6-8-20-9-7-16/h11-12H,1-10H2,(H,15,19)(H,17,18)/t12-/m0/s1. The first-order valence-electron chi connectivity index (χ1n) is 7.53. The van der Waals surface area contributed by atoms with Crippen molar-refractivity contribution in [1.82, 2.24) is 10.2 Å². The fourth-order valence-electron chi connectivity index (χ4n) is 2.98. The van der Waals surface area contributed by atoms with Gasteiger partial charge < -0.3 is 20.1 Å². The first kappa shape index (κ1) is 15.1. The third-order valence-electron chi connectivity index (χ3n) is 4.19. The molecule has 2 amide bonds. The highest BCUT2D eigenvalue weighted by molar-refractivity contribution is 5.82. The maximum absolute atomic E-state index is 12.1. The fourth-order valence-corrected chi connectivity index (χ4v) is 2.98. The third kappa shape index (κ3) is 4.37. The molecule has 0 radical (unpaired) electrons. The number of nitrogens with zero attached hydrogens (tertiary/aromatic N) is 1. The molecule has 0 aromatic rings. The van der Waals surface area contributed by atoms with Crippen LogP contribution in [0.2, 0.25) is 0 Å². The molecule has 2 fully saturated rings. The van der Waals surface area contributed by atoms with Crippen LogP contribution in [0.3, 0.4) is 0 Å². The van der Waals surface area contributed by atoms with Gasteiger partial charge in [-0.05, 0) is 12.3 Å². The zero-order valence-corrected chi connectivity index (χ0v) is 11.8. The predicted molar refractivity (Wildman–Crippen MR) is 73.5 cm³/mol. The molecule has 2 rings (SSSR count). The Labute approximate surface area is 119 Å². The second-order valence-electron chi connectivity index (χ2n) is 5.68. The lowest BCUT2D eigenvalue weighted by molar-refractivity contribution is -0.139. The van der Waals surface area contributed by atoms with E-state index in [-0.39, 0.29) is 6.03 Å². The Morgan fingerprint density at radius 2 is 1.85 bits per heavy atom. The molecule has 0 aromatic carbocycles. The maximum Gasteiger partial charge on any atom is 0.326 e. The van der Waals surface area contributed by atoms with E-state index in [9.17, 15) is 14.7 Å². The molecule has 0 spiro atoms. The van der Waals surface area contributed by atoms with Gasteiger partial charge in [-0.15, -0.1) is 0 Å². The molecular formula is C14H24N2O4. The maximum atomic E-state index is 12.1. The van der Waals surface area contributed by atoms with Gasteiger partial charge in [0.05, 0.1) is 13.2 Å². The first-order valence-corrected chi connectivity index (χ1v) is 7.53. The van der Waals surface area contributed by atoms with E-state index in [0.29, 0.717) is 38.6 Å². The van der Waals surface area contributed by atoms with Gasteiger partial charge in [-0.25, -0.2) is 9.59 Å². The van der Waals surface area contributed by atoms with Gasteiger partial charge in [-0.1, -0.05) is 32.1 Å². The average Bonchev–Trinajstić information content (AvgIpc) is 2.48. The highest BCUT2D eigenvalue weighted by Crippen LogP contribution is 2.27. The van der Waals surface area contributed by atoms with Crippen LogP contribution >= 0.6 is 0 Å². The van der Waals surface area contributed by atoms with Crippen molar-refractivity contribution in [1.29, 1.82) is 0 Å². The summed E-state index contributed by atoms with van der Waals surface area (Å²) in [6.45, 7) is 2.10. The Morgan fingerprint density at radius 3 is 2.45 bits per heavy atom. The molecule has 2 aliphatic rings. The highest BCUT2D eigenvalue weighted by Gasteiger charge is 2.27. The molecule has 1 saturated heterocycles. The molecular weight excluding hydrogens is 260 g/mol. The van der Waals surface area contributed by atoms with Gasteiger partial charge >= 0.3 is 12.0 Å². The van der Waals surface area contributed by atoms with Crippen molar-refractivity contribution >= 4 is 12.0 Å². The van der Waals surface area contributed by atoms with Crippen molar-refractivity contribution in [2.75, 3.05) is 26.3 Å². The second kappa shape index (κ2) is 7.47. The van der Waals surface area contributed by atoms with E-state index in [0.717, 1.165) is 12.8 Å². The topological polar surface area (TPSA) is 78.9 Å². The Balaban J connectivity index is 1.84. The minimum absolute atomic E-state index is 0.281. The molecule has 6 heteroatoms. The SMILES string of the molecule is O=C(O)[C@H](CC1CCCCC1)NC(=O)N1CCOCC1. The molecule has 1 atom stereocenters. The summed E-state index contributed by atoms with van der Waals surface area (Å²) < 4.78 is 5.19. The summed E-state index contributed by atoms with van der Waals surface area (Å²) in [7, 11) is 0. The number of ether oxygens (including phenoxy) is 1. The van der Waals surface area contributed by atoms with Crippen LogP contribution in [0.4, 0.5) is 4.79 Å². The normalized spacial score (nSPS) is 22.3. The average molecular weight is 284 g/mol. The summed E-state index contributed by atoms with van der Waals surface area (Å²) >= 11 is 0. The van der Waals surface area contributed by atoms with Crippen LogP contribution in [0.15, 0.2) is 0 Å². The van der Waals surface area contributed by atoms with Gasteiger partial charge in [0.1, 0.15) is 6.04 Å². The lowest BCUT2D eigenvalue weighted by atomic mass is 9.85. The van der Waals surface area contributed by atoms with Gasteiger partial charge in [-0.2, -0.15) is 0 Å². The van der Waals surface area contributed by atoms with E-state index in [2.05, 4.69) is 5.32 Å². The van der Waals surface area contributed by atoms with Crippen LogP contribution in [0.1, 0.15) is 38.5 Å². The van der Waals surface area contributed by atoms with Crippen LogP contribution in [-0.4, -0.2) is 54.4 Å². The van der Waals surface area contributed by atoms with E-state index in [1.165, 1.54) is 19.3 Å². The minimum Gasteiger partial charge on any atom is -0.480 e. The quantitative estimate of drug-likeness (QED) is 0.819. The molecule has 20 heavy (non-hydrogen) atoms. The van der Waals surface area contributed by atoms with Gasteiger partial charge in [-0.3, -0.25) is 0 Å². The molecule has 1 aliphatic heterocycles. The molecule has 0 aromatic heterocycles. The smallest absolute Gasteiger partial charge is 0.326 e. The molecule has 114 valence electrons. The van der Waals surface area contributed by atoms with Crippen molar-refractivity contribution in [3.63, 3.8) is 0 Å². The summed E-state index contributed by atoms with van der Waals surface area (Å²) in [4.78, 5) is 25.0. The lowest BCUT2D eigenvalue weighted by Crippen LogP contribution is -2.51. The molecule has 0 unspecified atom stereocenters. The first-order chi connectivity index (χ1) is 9.66. The molecule has 1 saturated carbocycles. The number of aliphatic carboxylic acids is 1. The number of amides is 2. The van der Waals surface area contributed by atoms with Gasteiger partial charge in [0, 0.05) is 13.1 Å². The number of carbonyl (C=O) groups excluding carboxylic acids is 1. The van der Waals surface area contributed by atoms with E-state index < -0.39 is 12.0 Å². The van der Waals surface area contributed by atoms with E-state index in [1.807, 2.05) is 0 Å². The number of nitrogens with one attached hydrogen (secondary N) is 1. The summed E-state index contributed by atoms with van der Waals surface area (Å²) in [5.41, 5.74) is 0. The summed E-state index contributed by atoms with van der Waals surface area (Å²) in [5, 5.41) is 12.0. The fraction of sp³-hybridized carbons (Fsp3) is 0.857. The lowest BCUT2D eigenvalue weighted by Gasteiger charge is -2.30. The van der Waals surface area contributed by atoms with Crippen LogP contribution in [0.5, 0.6) is 0 Å². The van der Waals surface area contributed by atoms with Crippen molar-refractivity contribution in [3.8, 4) is 0 Å².